The van der Waals surface area contributed by atoms with E-state index in [4.69, 9.17) is 4.74 Å². The lowest BCUT2D eigenvalue weighted by Crippen LogP contribution is -2.48. The number of nitrogens with zero attached hydrogens (tertiary/aromatic N) is 1. The van der Waals surface area contributed by atoms with E-state index in [2.05, 4.69) is 15.6 Å². The lowest BCUT2D eigenvalue weighted by atomic mass is 9.86. The number of thiophene rings is 1. The zero-order valence-corrected chi connectivity index (χ0v) is 20.9. The number of aromatic hydroxyl groups is 1. The number of carbonyl (C=O) groups is 2. The van der Waals surface area contributed by atoms with Gasteiger partial charge in [0.15, 0.2) is 5.60 Å². The topological polar surface area (TPSA) is 100 Å². The normalized spacial score (nSPS) is 19.0. The van der Waals surface area contributed by atoms with Gasteiger partial charge in [0.2, 0.25) is 5.91 Å². The molecule has 0 bridgehead atoms. The number of rotatable bonds is 3. The Balaban J connectivity index is 1.40. The van der Waals surface area contributed by atoms with E-state index in [0.29, 0.717) is 35.7 Å². The molecule has 3 heterocycles. The van der Waals surface area contributed by atoms with Crippen LogP contribution in [0.3, 0.4) is 0 Å². The highest BCUT2D eigenvalue weighted by Gasteiger charge is 2.41. The van der Waals surface area contributed by atoms with E-state index in [1.165, 1.54) is 11.3 Å². The largest absolute Gasteiger partial charge is 0.507 e. The summed E-state index contributed by atoms with van der Waals surface area (Å²) >= 11 is 1.48. The molecule has 0 unspecified atom stereocenters. The summed E-state index contributed by atoms with van der Waals surface area (Å²) < 4.78 is 6.31. The number of phenols is 1. The van der Waals surface area contributed by atoms with Gasteiger partial charge in [0.1, 0.15) is 11.5 Å². The molecule has 2 aliphatic heterocycles. The van der Waals surface area contributed by atoms with Crippen LogP contribution in [-0.2, 0) is 16.0 Å². The third kappa shape index (κ3) is 4.08. The molecule has 0 aliphatic carbocycles. The van der Waals surface area contributed by atoms with Crippen molar-refractivity contribution in [1.29, 1.82) is 0 Å². The maximum atomic E-state index is 13.4. The second-order valence-electron chi connectivity index (χ2n) is 9.35. The third-order valence-corrected chi connectivity index (χ3v) is 7.68. The van der Waals surface area contributed by atoms with Crippen LogP contribution in [0, 0.1) is 20.8 Å². The molecular formula is C27H27N3O4S. The molecule has 7 nitrogen and oxygen atoms in total. The number of carbonyl (C=O) groups excluding carboxylic acids is 2. The molecule has 0 fully saturated rings. The summed E-state index contributed by atoms with van der Waals surface area (Å²) in [4.78, 5) is 30.4. The molecule has 1 atom stereocenters. The molecule has 180 valence electrons. The van der Waals surface area contributed by atoms with E-state index in [0.717, 1.165) is 39.2 Å². The van der Waals surface area contributed by atoms with Gasteiger partial charge in [0, 0.05) is 28.4 Å². The van der Waals surface area contributed by atoms with Gasteiger partial charge in [0.05, 0.1) is 23.5 Å². The molecule has 3 N–H and O–H groups in total. The SMILES string of the molecule is Cc1c(C)c2c(c(C)c1O)CC[C@](C)(C(=O)Nc1cccc(C3=Nc4cscc4NC(=O)C3)c1)O2. The van der Waals surface area contributed by atoms with Crippen molar-refractivity contribution in [2.75, 3.05) is 10.6 Å². The van der Waals surface area contributed by atoms with Crippen LogP contribution in [0.2, 0.25) is 0 Å². The molecule has 3 aromatic rings. The minimum Gasteiger partial charge on any atom is -0.507 e. The van der Waals surface area contributed by atoms with Crippen LogP contribution in [0.4, 0.5) is 17.1 Å². The summed E-state index contributed by atoms with van der Waals surface area (Å²) in [6.45, 7) is 7.44. The Labute approximate surface area is 207 Å². The van der Waals surface area contributed by atoms with E-state index in [-0.39, 0.29) is 18.2 Å². The number of aliphatic imine (C=N–C) groups is 1. The van der Waals surface area contributed by atoms with Gasteiger partial charge < -0.3 is 20.5 Å². The summed E-state index contributed by atoms with van der Waals surface area (Å²) in [5.74, 6) is 0.605. The molecule has 1 aromatic heterocycles. The predicted molar refractivity (Wildman–Crippen MR) is 139 cm³/mol. The molecule has 35 heavy (non-hydrogen) atoms. The summed E-state index contributed by atoms with van der Waals surface area (Å²) in [6, 6.07) is 7.37. The zero-order valence-electron chi connectivity index (χ0n) is 20.1. The van der Waals surface area contributed by atoms with Crippen molar-refractivity contribution in [3.63, 3.8) is 0 Å². The highest BCUT2D eigenvalue weighted by Crippen LogP contribution is 2.43. The lowest BCUT2D eigenvalue weighted by molar-refractivity contribution is -0.131. The van der Waals surface area contributed by atoms with Crippen LogP contribution in [0.1, 0.15) is 47.6 Å². The third-order valence-electron chi connectivity index (χ3n) is 6.95. The fourth-order valence-electron chi connectivity index (χ4n) is 4.62. The number of ether oxygens (including phenoxy) is 1. The first-order valence-corrected chi connectivity index (χ1v) is 12.5. The minimum atomic E-state index is -1.06. The Morgan fingerprint density at radius 3 is 2.80 bits per heavy atom. The smallest absolute Gasteiger partial charge is 0.268 e. The fourth-order valence-corrected chi connectivity index (χ4v) is 5.31. The lowest BCUT2D eigenvalue weighted by Gasteiger charge is -2.36. The van der Waals surface area contributed by atoms with Gasteiger partial charge in [0.25, 0.3) is 5.91 Å². The number of anilines is 2. The van der Waals surface area contributed by atoms with Gasteiger partial charge in [-0.05, 0) is 68.5 Å². The second-order valence-corrected chi connectivity index (χ2v) is 10.1. The first-order chi connectivity index (χ1) is 16.7. The second kappa shape index (κ2) is 8.53. The van der Waals surface area contributed by atoms with E-state index >= 15 is 0 Å². The van der Waals surface area contributed by atoms with E-state index in [9.17, 15) is 14.7 Å². The van der Waals surface area contributed by atoms with Gasteiger partial charge in [-0.2, -0.15) is 0 Å². The monoisotopic (exact) mass is 489 g/mol. The number of amides is 2. The Bertz CT molecular complexity index is 1410. The van der Waals surface area contributed by atoms with Crippen LogP contribution in [0.25, 0.3) is 0 Å². The van der Waals surface area contributed by atoms with E-state index in [1.54, 1.807) is 6.92 Å². The number of hydrogen-bond acceptors (Lipinski definition) is 6. The molecule has 2 aliphatic rings. The molecule has 0 spiro atoms. The molecule has 0 saturated heterocycles. The maximum absolute atomic E-state index is 13.4. The summed E-state index contributed by atoms with van der Waals surface area (Å²) in [5.41, 5.74) is 5.79. The minimum absolute atomic E-state index is 0.121. The fraction of sp³-hybridized carbons (Fsp3) is 0.296. The molecule has 0 radical (unpaired) electrons. The summed E-state index contributed by atoms with van der Waals surface area (Å²) in [7, 11) is 0. The Morgan fingerprint density at radius 1 is 1.20 bits per heavy atom. The number of phenolic OH excluding ortho intramolecular Hbond substituents is 1. The molecule has 5 rings (SSSR count). The van der Waals surface area contributed by atoms with Gasteiger partial charge in [-0.1, -0.05) is 12.1 Å². The quantitative estimate of drug-likeness (QED) is 0.448. The van der Waals surface area contributed by atoms with Crippen LogP contribution in [0.15, 0.2) is 40.0 Å². The van der Waals surface area contributed by atoms with Crippen molar-refractivity contribution in [2.45, 2.75) is 52.6 Å². The van der Waals surface area contributed by atoms with Crippen molar-refractivity contribution >= 4 is 45.9 Å². The molecule has 8 heteroatoms. The predicted octanol–water partition coefficient (Wildman–Crippen LogP) is 5.56. The summed E-state index contributed by atoms with van der Waals surface area (Å²) in [5, 5.41) is 20.1. The Kier molecular flexibility index (Phi) is 5.63. The number of fused-ring (bicyclic) bond motifs is 2. The Morgan fingerprint density at radius 2 is 2.00 bits per heavy atom. The number of benzene rings is 2. The highest BCUT2D eigenvalue weighted by atomic mass is 32.1. The molecule has 0 saturated carbocycles. The van der Waals surface area contributed by atoms with E-state index < -0.39 is 5.60 Å². The summed E-state index contributed by atoms with van der Waals surface area (Å²) in [6.07, 6.45) is 1.27. The van der Waals surface area contributed by atoms with Crippen LogP contribution in [0.5, 0.6) is 11.5 Å². The average molecular weight is 490 g/mol. The first kappa shape index (κ1) is 23.1. The highest BCUT2D eigenvalue weighted by molar-refractivity contribution is 7.09. The van der Waals surface area contributed by atoms with Crippen molar-refractivity contribution in [3.8, 4) is 11.5 Å². The van der Waals surface area contributed by atoms with Crippen molar-refractivity contribution < 1.29 is 19.4 Å². The van der Waals surface area contributed by atoms with Crippen LogP contribution < -0.4 is 15.4 Å². The van der Waals surface area contributed by atoms with Gasteiger partial charge in [-0.3, -0.25) is 9.59 Å². The standard InChI is InChI=1S/C27H27N3O4S/c1-14-15(2)25-19(16(3)24(14)32)8-9-27(4,34-25)26(33)28-18-7-5-6-17(10-18)20-11-23(31)30-22-13-35-12-21(22)29-20/h5-7,10,12-13,32H,8-9,11H2,1-4H3,(H,28,33)(H,30,31)/t27-/m1/s1. The Hall–Kier alpha value is -3.65. The molecular weight excluding hydrogens is 462 g/mol. The van der Waals surface area contributed by atoms with Gasteiger partial charge in [-0.25, -0.2) is 4.99 Å². The molecule has 2 aromatic carbocycles. The van der Waals surface area contributed by atoms with Gasteiger partial charge in [-0.15, -0.1) is 11.3 Å². The van der Waals surface area contributed by atoms with Crippen molar-refractivity contribution in [1.82, 2.24) is 0 Å². The van der Waals surface area contributed by atoms with Crippen LogP contribution >= 0.6 is 11.3 Å². The number of nitrogens with one attached hydrogen (secondary N) is 2. The number of hydrogen-bond donors (Lipinski definition) is 3. The maximum Gasteiger partial charge on any atom is 0.268 e. The van der Waals surface area contributed by atoms with E-state index in [1.807, 2.05) is 55.8 Å². The zero-order chi connectivity index (χ0) is 24.9. The molecule has 2 amide bonds. The van der Waals surface area contributed by atoms with Gasteiger partial charge >= 0.3 is 0 Å². The van der Waals surface area contributed by atoms with Crippen molar-refractivity contribution in [3.05, 3.63) is 62.8 Å². The van der Waals surface area contributed by atoms with Crippen LogP contribution in [-0.4, -0.2) is 28.2 Å². The van der Waals surface area contributed by atoms with Crippen molar-refractivity contribution in [2.24, 2.45) is 4.99 Å². The first-order valence-electron chi connectivity index (χ1n) is 11.5. The average Bonchev–Trinajstić information content (AvgIpc) is 3.20.